The zero-order valence-corrected chi connectivity index (χ0v) is 17.9. The van der Waals surface area contributed by atoms with Crippen molar-refractivity contribution in [2.45, 2.75) is 11.3 Å². The molecule has 0 saturated heterocycles. The van der Waals surface area contributed by atoms with E-state index >= 15 is 0 Å². The molecule has 0 unspecified atom stereocenters. The average molecular weight is 434 g/mol. The summed E-state index contributed by atoms with van der Waals surface area (Å²) in [6.07, 6.45) is 0.712. The molecule has 0 amide bonds. The fourth-order valence-corrected chi connectivity index (χ4v) is 3.98. The standard InChI is InChI=1S/C24H23N3O3S/c1-30-19-9-12-21-22(18-5-3-2-4-6-18)16-24(27-23(21)15-19)26-14-13-17-7-10-20(11-8-17)31(25,28)29/h2-12,15-16H,13-14H2,1H3,(H,26,27)(H2,25,28,29). The van der Waals surface area contributed by atoms with E-state index in [1.54, 1.807) is 19.2 Å². The van der Waals surface area contributed by atoms with Crippen molar-refractivity contribution in [2.24, 2.45) is 5.14 Å². The number of methoxy groups -OCH3 is 1. The molecule has 0 aliphatic heterocycles. The third-order valence-corrected chi connectivity index (χ3v) is 6.00. The molecule has 0 fully saturated rings. The highest BCUT2D eigenvalue weighted by Gasteiger charge is 2.10. The number of sulfonamides is 1. The van der Waals surface area contributed by atoms with Crippen LogP contribution in [0.3, 0.4) is 0 Å². The van der Waals surface area contributed by atoms with Crippen LogP contribution in [-0.4, -0.2) is 27.1 Å². The molecule has 0 spiro atoms. The number of nitrogens with zero attached hydrogens (tertiary/aromatic N) is 1. The first-order valence-electron chi connectivity index (χ1n) is 9.84. The van der Waals surface area contributed by atoms with Crippen molar-refractivity contribution >= 4 is 26.7 Å². The molecule has 0 aliphatic rings. The lowest BCUT2D eigenvalue weighted by Gasteiger charge is -2.13. The summed E-state index contributed by atoms with van der Waals surface area (Å²) in [5, 5.41) is 9.59. The molecule has 3 N–H and O–H groups in total. The summed E-state index contributed by atoms with van der Waals surface area (Å²) < 4.78 is 28.2. The van der Waals surface area contributed by atoms with Gasteiger partial charge in [-0.2, -0.15) is 0 Å². The summed E-state index contributed by atoms with van der Waals surface area (Å²) in [6, 6.07) is 24.7. The third kappa shape index (κ3) is 4.84. The Hall–Kier alpha value is -3.42. The van der Waals surface area contributed by atoms with Gasteiger partial charge in [-0.05, 0) is 53.4 Å². The van der Waals surface area contributed by atoms with E-state index < -0.39 is 10.0 Å². The molecule has 7 heteroatoms. The predicted molar refractivity (Wildman–Crippen MR) is 124 cm³/mol. The Morgan fingerprint density at radius 2 is 1.71 bits per heavy atom. The van der Waals surface area contributed by atoms with Gasteiger partial charge in [0.15, 0.2) is 0 Å². The zero-order valence-electron chi connectivity index (χ0n) is 17.1. The van der Waals surface area contributed by atoms with Crippen molar-refractivity contribution < 1.29 is 13.2 Å². The van der Waals surface area contributed by atoms with Crippen LogP contribution in [0.15, 0.2) is 83.8 Å². The Kier molecular flexibility index (Phi) is 5.88. The van der Waals surface area contributed by atoms with Gasteiger partial charge in [-0.25, -0.2) is 18.5 Å². The summed E-state index contributed by atoms with van der Waals surface area (Å²) in [7, 11) is -2.04. The van der Waals surface area contributed by atoms with Crippen LogP contribution in [-0.2, 0) is 16.4 Å². The van der Waals surface area contributed by atoms with E-state index in [1.165, 1.54) is 12.1 Å². The number of nitrogens with two attached hydrogens (primary N) is 1. The first-order chi connectivity index (χ1) is 14.9. The second-order valence-corrected chi connectivity index (χ2v) is 8.73. The van der Waals surface area contributed by atoms with E-state index in [1.807, 2.05) is 42.5 Å². The first-order valence-corrected chi connectivity index (χ1v) is 11.4. The molecule has 0 aliphatic carbocycles. The van der Waals surface area contributed by atoms with Gasteiger partial charge in [-0.1, -0.05) is 42.5 Å². The number of primary sulfonamides is 1. The monoisotopic (exact) mass is 433 g/mol. The molecule has 6 nitrogen and oxygen atoms in total. The Bertz CT molecular complexity index is 1310. The summed E-state index contributed by atoms with van der Waals surface area (Å²) in [4.78, 5) is 4.87. The molecule has 4 rings (SSSR count). The van der Waals surface area contributed by atoms with Gasteiger partial charge in [-0.15, -0.1) is 0 Å². The number of anilines is 1. The van der Waals surface area contributed by atoms with Gasteiger partial charge in [0, 0.05) is 18.0 Å². The highest BCUT2D eigenvalue weighted by molar-refractivity contribution is 7.89. The molecule has 4 aromatic rings. The van der Waals surface area contributed by atoms with Crippen LogP contribution >= 0.6 is 0 Å². The number of hydrogen-bond donors (Lipinski definition) is 2. The van der Waals surface area contributed by atoms with E-state index in [9.17, 15) is 8.42 Å². The largest absolute Gasteiger partial charge is 0.497 e. The van der Waals surface area contributed by atoms with Crippen molar-refractivity contribution in [3.63, 3.8) is 0 Å². The van der Waals surface area contributed by atoms with Crippen LogP contribution in [0.4, 0.5) is 5.82 Å². The zero-order chi connectivity index (χ0) is 21.8. The SMILES string of the molecule is COc1ccc2c(-c3ccccc3)cc(NCCc3ccc(S(N)(=O)=O)cc3)nc2c1. The van der Waals surface area contributed by atoms with Crippen LogP contribution in [0.5, 0.6) is 5.75 Å². The highest BCUT2D eigenvalue weighted by atomic mass is 32.2. The minimum atomic E-state index is -3.68. The lowest BCUT2D eigenvalue weighted by atomic mass is 10.0. The maximum Gasteiger partial charge on any atom is 0.238 e. The Morgan fingerprint density at radius 1 is 0.968 bits per heavy atom. The van der Waals surface area contributed by atoms with Crippen molar-refractivity contribution in [1.82, 2.24) is 4.98 Å². The van der Waals surface area contributed by atoms with Crippen LogP contribution in [0.25, 0.3) is 22.0 Å². The number of rotatable bonds is 7. The molecule has 0 atom stereocenters. The summed E-state index contributed by atoms with van der Waals surface area (Å²) in [5.74, 6) is 1.52. The fraction of sp³-hybridized carbons (Fsp3) is 0.125. The van der Waals surface area contributed by atoms with E-state index in [2.05, 4.69) is 17.4 Å². The van der Waals surface area contributed by atoms with Gasteiger partial charge in [0.05, 0.1) is 17.5 Å². The number of fused-ring (bicyclic) bond motifs is 1. The van der Waals surface area contributed by atoms with Gasteiger partial charge in [0.2, 0.25) is 10.0 Å². The van der Waals surface area contributed by atoms with Crippen molar-refractivity contribution in [1.29, 1.82) is 0 Å². The lowest BCUT2D eigenvalue weighted by molar-refractivity contribution is 0.415. The Balaban J connectivity index is 1.58. The molecular weight excluding hydrogens is 410 g/mol. The lowest BCUT2D eigenvalue weighted by Crippen LogP contribution is -2.12. The van der Waals surface area contributed by atoms with Gasteiger partial charge in [-0.3, -0.25) is 0 Å². The first kappa shape index (κ1) is 20.8. The number of benzene rings is 3. The fourth-order valence-electron chi connectivity index (χ4n) is 3.46. The van der Waals surface area contributed by atoms with Crippen LogP contribution < -0.4 is 15.2 Å². The average Bonchev–Trinajstić information content (AvgIpc) is 2.78. The van der Waals surface area contributed by atoms with E-state index in [0.29, 0.717) is 13.0 Å². The smallest absolute Gasteiger partial charge is 0.238 e. The minimum Gasteiger partial charge on any atom is -0.497 e. The molecule has 1 heterocycles. The number of nitrogens with one attached hydrogen (secondary N) is 1. The molecule has 1 aromatic heterocycles. The molecule has 31 heavy (non-hydrogen) atoms. The third-order valence-electron chi connectivity index (χ3n) is 5.07. The maximum atomic E-state index is 11.4. The van der Waals surface area contributed by atoms with Crippen LogP contribution in [0.2, 0.25) is 0 Å². The molecule has 3 aromatic carbocycles. The van der Waals surface area contributed by atoms with Gasteiger partial charge >= 0.3 is 0 Å². The van der Waals surface area contributed by atoms with Crippen molar-refractivity contribution in [3.05, 3.63) is 84.4 Å². The normalized spacial score (nSPS) is 11.4. The molecule has 158 valence electrons. The van der Waals surface area contributed by atoms with Gasteiger partial charge in [0.1, 0.15) is 11.6 Å². The Morgan fingerprint density at radius 3 is 2.39 bits per heavy atom. The number of pyridine rings is 1. The summed E-state index contributed by atoms with van der Waals surface area (Å²) in [5.41, 5.74) is 4.06. The Labute approximate surface area is 181 Å². The summed E-state index contributed by atoms with van der Waals surface area (Å²) in [6.45, 7) is 0.644. The number of aromatic nitrogens is 1. The highest BCUT2D eigenvalue weighted by Crippen LogP contribution is 2.32. The van der Waals surface area contributed by atoms with Crippen LogP contribution in [0, 0.1) is 0 Å². The van der Waals surface area contributed by atoms with E-state index in [4.69, 9.17) is 14.9 Å². The molecular formula is C24H23N3O3S. The second kappa shape index (κ2) is 8.75. The minimum absolute atomic E-state index is 0.113. The molecule has 0 saturated carbocycles. The predicted octanol–water partition coefficient (Wildman–Crippen LogP) is 4.21. The summed E-state index contributed by atoms with van der Waals surface area (Å²) >= 11 is 0. The van der Waals surface area contributed by atoms with Gasteiger partial charge < -0.3 is 10.1 Å². The van der Waals surface area contributed by atoms with E-state index in [-0.39, 0.29) is 4.90 Å². The van der Waals surface area contributed by atoms with Crippen molar-refractivity contribution in [2.75, 3.05) is 19.0 Å². The molecule has 0 bridgehead atoms. The maximum absolute atomic E-state index is 11.4. The molecule has 0 radical (unpaired) electrons. The topological polar surface area (TPSA) is 94.3 Å². The van der Waals surface area contributed by atoms with Crippen molar-refractivity contribution in [3.8, 4) is 16.9 Å². The quantitative estimate of drug-likeness (QED) is 0.455. The second-order valence-electron chi connectivity index (χ2n) is 7.17. The van der Waals surface area contributed by atoms with Gasteiger partial charge in [0.25, 0.3) is 0 Å². The number of hydrogen-bond acceptors (Lipinski definition) is 5. The van der Waals surface area contributed by atoms with Crippen LogP contribution in [0.1, 0.15) is 5.56 Å². The van der Waals surface area contributed by atoms with E-state index in [0.717, 1.165) is 39.2 Å². The number of ether oxygens (including phenoxy) is 1.